The second-order valence-corrected chi connectivity index (χ2v) is 8.42. The van der Waals surface area contributed by atoms with E-state index in [2.05, 4.69) is 34.6 Å². The second-order valence-electron chi connectivity index (χ2n) is 7.37. The largest absolute Gasteiger partial charge is 0.489 e. The molecule has 3 atom stereocenters. The third-order valence-corrected chi connectivity index (χ3v) is 6.01. The average molecular weight is 310 g/mol. The molecule has 1 saturated carbocycles. The summed E-state index contributed by atoms with van der Waals surface area (Å²) in [6.45, 7) is 10.8. The van der Waals surface area contributed by atoms with Crippen molar-refractivity contribution in [3.63, 3.8) is 0 Å². The summed E-state index contributed by atoms with van der Waals surface area (Å²) in [5, 5.41) is 9.40. The van der Waals surface area contributed by atoms with Crippen LogP contribution in [-0.4, -0.2) is 17.2 Å². The summed E-state index contributed by atoms with van der Waals surface area (Å²) in [7, 11) is 0. The Hall–Kier alpha value is -1.03. The van der Waals surface area contributed by atoms with Gasteiger partial charge in [0.1, 0.15) is 5.75 Å². The molecular formula is C17H26O3S. The molecular weight excluding hydrogens is 284 g/mol. The molecule has 0 aromatic carbocycles. The van der Waals surface area contributed by atoms with E-state index in [1.807, 2.05) is 6.07 Å². The molecule has 0 radical (unpaired) electrons. The van der Waals surface area contributed by atoms with Gasteiger partial charge in [-0.1, -0.05) is 34.6 Å². The molecule has 1 fully saturated rings. The van der Waals surface area contributed by atoms with Crippen molar-refractivity contribution >= 4 is 17.3 Å². The highest BCUT2D eigenvalue weighted by Gasteiger charge is 2.29. The van der Waals surface area contributed by atoms with Gasteiger partial charge >= 0.3 is 5.97 Å². The van der Waals surface area contributed by atoms with Gasteiger partial charge in [0.2, 0.25) is 0 Å². The molecule has 1 aromatic rings. The molecule has 3 unspecified atom stereocenters. The van der Waals surface area contributed by atoms with Gasteiger partial charge in [-0.3, -0.25) is 0 Å². The fourth-order valence-electron chi connectivity index (χ4n) is 2.77. The first-order valence-electron chi connectivity index (χ1n) is 7.72. The molecule has 1 aromatic heterocycles. The van der Waals surface area contributed by atoms with Crippen LogP contribution >= 0.6 is 11.3 Å². The van der Waals surface area contributed by atoms with E-state index in [1.54, 1.807) is 0 Å². The number of thiophene rings is 1. The monoisotopic (exact) mass is 310 g/mol. The number of carbonyl (C=O) groups is 1. The molecule has 3 nitrogen and oxygen atoms in total. The smallest absolute Gasteiger partial charge is 0.349 e. The zero-order valence-electron chi connectivity index (χ0n) is 13.6. The predicted molar refractivity (Wildman–Crippen MR) is 86.6 cm³/mol. The molecule has 21 heavy (non-hydrogen) atoms. The van der Waals surface area contributed by atoms with Crippen LogP contribution in [0, 0.1) is 11.8 Å². The fourth-order valence-corrected chi connectivity index (χ4v) is 3.75. The van der Waals surface area contributed by atoms with Gasteiger partial charge in [0.25, 0.3) is 0 Å². The van der Waals surface area contributed by atoms with E-state index in [0.717, 1.165) is 30.1 Å². The minimum atomic E-state index is -0.886. The van der Waals surface area contributed by atoms with Crippen molar-refractivity contribution in [3.8, 4) is 5.75 Å². The molecule has 1 aliphatic carbocycles. The number of rotatable bonds is 3. The summed E-state index contributed by atoms with van der Waals surface area (Å²) in [4.78, 5) is 12.9. The van der Waals surface area contributed by atoms with Crippen LogP contribution in [0.25, 0.3) is 0 Å². The van der Waals surface area contributed by atoms with Crippen molar-refractivity contribution in [1.29, 1.82) is 0 Å². The standard InChI is InChI=1S/C17H26O3S/c1-10-6-7-12(8-11(10)2)20-13-9-14(17(3,4)5)21-15(13)16(18)19/h9-12H,6-8H2,1-5H3,(H,18,19). The zero-order valence-corrected chi connectivity index (χ0v) is 14.4. The van der Waals surface area contributed by atoms with E-state index in [9.17, 15) is 9.90 Å². The Morgan fingerprint density at radius 1 is 1.29 bits per heavy atom. The Balaban J connectivity index is 2.19. The number of ether oxygens (including phenoxy) is 1. The molecule has 0 spiro atoms. The van der Waals surface area contributed by atoms with Gasteiger partial charge in [0.15, 0.2) is 4.88 Å². The molecule has 2 rings (SSSR count). The minimum absolute atomic E-state index is 0.0507. The number of hydrogen-bond donors (Lipinski definition) is 1. The third-order valence-electron chi connectivity index (χ3n) is 4.48. The Bertz CT molecular complexity index is 513. The molecule has 1 N–H and O–H groups in total. The van der Waals surface area contributed by atoms with Crippen LogP contribution in [0.4, 0.5) is 0 Å². The van der Waals surface area contributed by atoms with Crippen molar-refractivity contribution in [2.24, 2.45) is 11.8 Å². The van der Waals surface area contributed by atoms with Gasteiger partial charge in [0.05, 0.1) is 6.10 Å². The van der Waals surface area contributed by atoms with Gasteiger partial charge in [-0.25, -0.2) is 4.79 Å². The molecule has 0 amide bonds. The highest BCUT2D eigenvalue weighted by molar-refractivity contribution is 7.14. The lowest BCUT2D eigenvalue weighted by atomic mass is 9.80. The first-order valence-corrected chi connectivity index (χ1v) is 8.54. The normalized spacial score (nSPS) is 26.6. The summed E-state index contributed by atoms with van der Waals surface area (Å²) in [6.07, 6.45) is 3.34. The van der Waals surface area contributed by atoms with Crippen LogP contribution in [0.2, 0.25) is 0 Å². The van der Waals surface area contributed by atoms with Crippen molar-refractivity contribution in [3.05, 3.63) is 15.8 Å². The van der Waals surface area contributed by atoms with Crippen LogP contribution in [0.3, 0.4) is 0 Å². The predicted octanol–water partition coefficient (Wildman–Crippen LogP) is 4.95. The van der Waals surface area contributed by atoms with E-state index in [1.165, 1.54) is 11.3 Å². The van der Waals surface area contributed by atoms with Crippen molar-refractivity contribution in [2.45, 2.75) is 65.4 Å². The van der Waals surface area contributed by atoms with Crippen LogP contribution in [0.1, 0.15) is 68.4 Å². The fraction of sp³-hybridized carbons (Fsp3) is 0.706. The van der Waals surface area contributed by atoms with Crippen LogP contribution < -0.4 is 4.74 Å². The summed E-state index contributed by atoms with van der Waals surface area (Å²) >= 11 is 1.34. The van der Waals surface area contributed by atoms with Crippen LogP contribution in [0.5, 0.6) is 5.75 Å². The minimum Gasteiger partial charge on any atom is -0.489 e. The number of hydrogen-bond acceptors (Lipinski definition) is 3. The van der Waals surface area contributed by atoms with Crippen molar-refractivity contribution < 1.29 is 14.6 Å². The molecule has 0 saturated heterocycles. The highest BCUT2D eigenvalue weighted by atomic mass is 32.1. The summed E-state index contributed by atoms with van der Waals surface area (Å²) in [5.41, 5.74) is -0.0507. The van der Waals surface area contributed by atoms with Gasteiger partial charge in [-0.15, -0.1) is 11.3 Å². The molecule has 4 heteroatoms. The lowest BCUT2D eigenvalue weighted by Gasteiger charge is -2.32. The number of carboxylic acid groups (broad SMARTS) is 1. The summed E-state index contributed by atoms with van der Waals surface area (Å²) < 4.78 is 6.07. The molecule has 1 heterocycles. The van der Waals surface area contributed by atoms with Gasteiger partial charge in [0, 0.05) is 4.88 Å². The average Bonchev–Trinajstić information content (AvgIpc) is 2.78. The first kappa shape index (κ1) is 16.3. The quantitative estimate of drug-likeness (QED) is 0.859. The van der Waals surface area contributed by atoms with E-state index in [-0.39, 0.29) is 11.5 Å². The van der Waals surface area contributed by atoms with Gasteiger partial charge in [-0.05, 0) is 42.6 Å². The van der Waals surface area contributed by atoms with E-state index in [4.69, 9.17) is 4.74 Å². The Labute approximate surface area is 131 Å². The van der Waals surface area contributed by atoms with Gasteiger partial charge in [-0.2, -0.15) is 0 Å². The SMILES string of the molecule is CC1CCC(Oc2cc(C(C)(C)C)sc2C(=O)O)CC1C. The number of aromatic carboxylic acids is 1. The maximum Gasteiger partial charge on any atom is 0.349 e. The lowest BCUT2D eigenvalue weighted by molar-refractivity contribution is 0.0683. The summed E-state index contributed by atoms with van der Waals surface area (Å²) in [5.74, 6) is 1.04. The molecule has 118 valence electrons. The van der Waals surface area contributed by atoms with Crippen LogP contribution in [-0.2, 0) is 5.41 Å². The molecule has 0 bridgehead atoms. The topological polar surface area (TPSA) is 46.5 Å². The van der Waals surface area contributed by atoms with Gasteiger partial charge < -0.3 is 9.84 Å². The first-order chi connectivity index (χ1) is 9.68. The Morgan fingerprint density at radius 3 is 2.48 bits per heavy atom. The third kappa shape index (κ3) is 3.79. The maximum atomic E-state index is 11.5. The zero-order chi connectivity index (χ0) is 15.8. The maximum absolute atomic E-state index is 11.5. The highest BCUT2D eigenvalue weighted by Crippen LogP contribution is 2.39. The van der Waals surface area contributed by atoms with Crippen molar-refractivity contribution in [2.75, 3.05) is 0 Å². The Morgan fingerprint density at radius 2 is 1.95 bits per heavy atom. The molecule has 0 aliphatic heterocycles. The molecule has 1 aliphatic rings. The van der Waals surface area contributed by atoms with Crippen LogP contribution in [0.15, 0.2) is 6.07 Å². The van der Waals surface area contributed by atoms with E-state index in [0.29, 0.717) is 16.5 Å². The van der Waals surface area contributed by atoms with Crippen molar-refractivity contribution in [1.82, 2.24) is 0 Å². The number of carboxylic acids is 1. The lowest BCUT2D eigenvalue weighted by Crippen LogP contribution is -2.29. The Kier molecular flexibility index (Phi) is 4.66. The second kappa shape index (κ2) is 5.99. The van der Waals surface area contributed by atoms with E-state index < -0.39 is 5.97 Å². The summed E-state index contributed by atoms with van der Waals surface area (Å²) in [6, 6.07) is 1.93. The van der Waals surface area contributed by atoms with E-state index >= 15 is 0 Å².